The highest BCUT2D eigenvalue weighted by atomic mass is 16.6. The zero-order chi connectivity index (χ0) is 19.3. The molecule has 1 saturated heterocycles. The van der Waals surface area contributed by atoms with Crippen LogP contribution in [0.5, 0.6) is 0 Å². The Morgan fingerprint density at radius 1 is 0.929 bits per heavy atom. The molecule has 28 heavy (non-hydrogen) atoms. The third kappa shape index (κ3) is 4.14. The van der Waals surface area contributed by atoms with Crippen molar-refractivity contribution in [3.63, 3.8) is 0 Å². The fraction of sp³-hybridized carbons (Fsp3) is 0.333. The molecule has 1 aliphatic carbocycles. The Kier molecular flexibility index (Phi) is 6.11. The van der Waals surface area contributed by atoms with E-state index in [1.807, 2.05) is 66.7 Å². The molecule has 1 saturated carbocycles. The van der Waals surface area contributed by atoms with Crippen LogP contribution >= 0.6 is 0 Å². The molecule has 2 aliphatic rings. The van der Waals surface area contributed by atoms with Gasteiger partial charge in [-0.1, -0.05) is 78.9 Å². The van der Waals surface area contributed by atoms with Gasteiger partial charge in [0.05, 0.1) is 6.10 Å². The number of fused-ring (bicyclic) bond motifs is 1. The first-order chi connectivity index (χ1) is 13.8. The van der Waals surface area contributed by atoms with Crippen LogP contribution in [0, 0.1) is 23.7 Å². The second-order valence-electron chi connectivity index (χ2n) is 7.78. The minimum absolute atomic E-state index is 0.309. The van der Waals surface area contributed by atoms with Crippen molar-refractivity contribution in [3.05, 3.63) is 91.0 Å². The molecular weight excluding hydrogens is 347 g/mol. The smallest absolute Gasteiger partial charge is 0.407 e. The Balaban J connectivity index is 1.47. The lowest BCUT2D eigenvalue weighted by Crippen LogP contribution is -2.36. The average Bonchev–Trinajstić information content (AvgIpc) is 2.94. The predicted octanol–water partition coefficient (Wildman–Crippen LogP) is 3.77. The molecule has 1 heterocycles. The summed E-state index contributed by atoms with van der Waals surface area (Å²) in [6.45, 7) is 5.38. The first-order valence-electron chi connectivity index (χ1n) is 10.1. The van der Waals surface area contributed by atoms with Crippen molar-refractivity contribution in [1.82, 2.24) is 0 Å². The van der Waals surface area contributed by atoms with Crippen molar-refractivity contribution >= 4 is 12.6 Å². The minimum atomic E-state index is -0.581. The van der Waals surface area contributed by atoms with Gasteiger partial charge in [0.25, 0.3) is 0 Å². The fourth-order valence-corrected chi connectivity index (χ4v) is 4.54. The van der Waals surface area contributed by atoms with Crippen LogP contribution in [0.1, 0.15) is 18.1 Å². The van der Waals surface area contributed by atoms with Gasteiger partial charge in [-0.2, -0.15) is 0 Å². The number of aliphatic hydroxyl groups excluding tert-OH is 1. The SMILES string of the molecule is C=C[C@@H]1C[C@H](/C=C\C(O)c2ccccc2)[C@H]2COB(c3ccccc3)OC[C@H]21. The molecule has 2 aromatic carbocycles. The molecule has 0 amide bonds. The van der Waals surface area contributed by atoms with Gasteiger partial charge in [-0.15, -0.1) is 6.58 Å². The number of allylic oxidation sites excluding steroid dienone is 2. The van der Waals surface area contributed by atoms with E-state index >= 15 is 0 Å². The molecule has 0 radical (unpaired) electrons. The first kappa shape index (κ1) is 19.2. The van der Waals surface area contributed by atoms with Crippen molar-refractivity contribution in [2.45, 2.75) is 12.5 Å². The molecule has 0 spiro atoms. The van der Waals surface area contributed by atoms with E-state index in [0.717, 1.165) is 17.4 Å². The Labute approximate surface area is 167 Å². The minimum Gasteiger partial charge on any atom is -0.407 e. The lowest BCUT2D eigenvalue weighted by molar-refractivity contribution is 0.202. The molecule has 144 valence electrons. The summed E-state index contributed by atoms with van der Waals surface area (Å²) >= 11 is 0. The fourth-order valence-electron chi connectivity index (χ4n) is 4.54. The van der Waals surface area contributed by atoms with Gasteiger partial charge >= 0.3 is 7.12 Å². The zero-order valence-corrected chi connectivity index (χ0v) is 16.1. The maximum atomic E-state index is 10.5. The van der Waals surface area contributed by atoms with Gasteiger partial charge in [-0.25, -0.2) is 0 Å². The number of hydrogen-bond donors (Lipinski definition) is 1. The monoisotopic (exact) mass is 374 g/mol. The normalized spacial score (nSPS) is 28.7. The molecule has 0 aromatic heterocycles. The lowest BCUT2D eigenvalue weighted by Gasteiger charge is -2.21. The van der Waals surface area contributed by atoms with Crippen LogP contribution in [0.4, 0.5) is 0 Å². The zero-order valence-electron chi connectivity index (χ0n) is 16.1. The van der Waals surface area contributed by atoms with E-state index in [2.05, 4.69) is 18.7 Å². The highest BCUT2D eigenvalue weighted by molar-refractivity contribution is 6.61. The van der Waals surface area contributed by atoms with E-state index in [4.69, 9.17) is 9.31 Å². The van der Waals surface area contributed by atoms with E-state index in [9.17, 15) is 5.11 Å². The summed E-state index contributed by atoms with van der Waals surface area (Å²) in [6.07, 6.45) is 6.60. The van der Waals surface area contributed by atoms with Gasteiger partial charge in [0.2, 0.25) is 0 Å². The predicted molar refractivity (Wildman–Crippen MR) is 113 cm³/mol. The maximum Gasteiger partial charge on any atom is 0.493 e. The Bertz CT molecular complexity index is 792. The van der Waals surface area contributed by atoms with Crippen LogP contribution in [0.25, 0.3) is 0 Å². The second kappa shape index (κ2) is 8.91. The summed E-state index contributed by atoms with van der Waals surface area (Å²) in [6, 6.07) is 19.9. The first-order valence-corrected chi connectivity index (χ1v) is 10.1. The standard InChI is InChI=1S/C24H27BO3/c1-2-18-15-20(13-14-24(26)19-9-5-3-6-10-19)23-17-28-25(27-16-22(18)23)21-11-7-4-8-12-21/h2-14,18,20,22-24,26H,1,15-17H2/b14-13-/t18-,20+,22+,23-,24?/m1/s1. The summed E-state index contributed by atoms with van der Waals surface area (Å²) in [4.78, 5) is 0. The van der Waals surface area contributed by atoms with Crippen molar-refractivity contribution in [2.75, 3.05) is 13.2 Å². The summed E-state index contributed by atoms with van der Waals surface area (Å²) in [5.41, 5.74) is 1.97. The van der Waals surface area contributed by atoms with Crippen molar-refractivity contribution in [1.29, 1.82) is 0 Å². The molecule has 1 aliphatic heterocycles. The highest BCUT2D eigenvalue weighted by Gasteiger charge is 2.44. The highest BCUT2D eigenvalue weighted by Crippen LogP contribution is 2.44. The summed E-state index contributed by atoms with van der Waals surface area (Å²) in [5, 5.41) is 10.5. The van der Waals surface area contributed by atoms with Gasteiger partial charge in [0.1, 0.15) is 0 Å². The number of hydrogen-bond acceptors (Lipinski definition) is 3. The molecule has 2 fully saturated rings. The average molecular weight is 374 g/mol. The van der Waals surface area contributed by atoms with Crippen LogP contribution in [-0.2, 0) is 9.31 Å². The quantitative estimate of drug-likeness (QED) is 0.640. The van der Waals surface area contributed by atoms with E-state index in [1.165, 1.54) is 0 Å². The van der Waals surface area contributed by atoms with E-state index in [1.54, 1.807) is 0 Å². The lowest BCUT2D eigenvalue weighted by atomic mass is 9.79. The van der Waals surface area contributed by atoms with Gasteiger partial charge in [0.15, 0.2) is 0 Å². The molecule has 4 heteroatoms. The van der Waals surface area contributed by atoms with E-state index in [-0.39, 0.29) is 7.12 Å². The molecular formula is C24H27BO3. The largest absolute Gasteiger partial charge is 0.493 e. The second-order valence-corrected chi connectivity index (χ2v) is 7.78. The topological polar surface area (TPSA) is 38.7 Å². The number of aliphatic hydroxyl groups is 1. The molecule has 0 bridgehead atoms. The van der Waals surface area contributed by atoms with Crippen molar-refractivity contribution in [2.24, 2.45) is 23.7 Å². The number of rotatable bonds is 5. The third-order valence-electron chi connectivity index (χ3n) is 6.13. The van der Waals surface area contributed by atoms with Crippen LogP contribution in [0.15, 0.2) is 85.5 Å². The molecule has 1 unspecified atom stereocenters. The van der Waals surface area contributed by atoms with Crippen molar-refractivity contribution in [3.8, 4) is 0 Å². The van der Waals surface area contributed by atoms with Crippen molar-refractivity contribution < 1.29 is 14.4 Å². The third-order valence-corrected chi connectivity index (χ3v) is 6.13. The Morgan fingerprint density at radius 2 is 1.54 bits per heavy atom. The molecule has 1 N–H and O–H groups in total. The summed E-state index contributed by atoms with van der Waals surface area (Å²) < 4.78 is 12.3. The van der Waals surface area contributed by atoms with E-state index < -0.39 is 6.10 Å². The van der Waals surface area contributed by atoms with Gasteiger partial charge in [-0.3, -0.25) is 0 Å². The van der Waals surface area contributed by atoms with Crippen LogP contribution in [0.2, 0.25) is 0 Å². The molecule has 3 nitrogen and oxygen atoms in total. The molecule has 4 rings (SSSR count). The van der Waals surface area contributed by atoms with Gasteiger partial charge in [-0.05, 0) is 41.1 Å². The van der Waals surface area contributed by atoms with E-state index in [0.29, 0.717) is 36.9 Å². The summed E-state index contributed by atoms with van der Waals surface area (Å²) in [5.74, 6) is 1.53. The van der Waals surface area contributed by atoms with Crippen LogP contribution < -0.4 is 5.46 Å². The van der Waals surface area contributed by atoms with Gasteiger partial charge < -0.3 is 14.4 Å². The molecule has 2 aromatic rings. The molecule has 5 atom stereocenters. The Hall–Kier alpha value is -2.14. The summed E-state index contributed by atoms with van der Waals surface area (Å²) in [7, 11) is -0.309. The van der Waals surface area contributed by atoms with Gasteiger partial charge in [0, 0.05) is 13.2 Å². The van der Waals surface area contributed by atoms with Crippen LogP contribution in [0.3, 0.4) is 0 Å². The maximum absolute atomic E-state index is 10.5. The number of benzene rings is 2. The Morgan fingerprint density at radius 3 is 2.18 bits per heavy atom. The van der Waals surface area contributed by atoms with Crippen LogP contribution in [-0.4, -0.2) is 25.4 Å².